The number of ether oxygens (including phenoxy) is 2. The molecule has 0 atom stereocenters. The SMILES string of the molecule is NC(=O)c1ccsc1NC(=O)C1=COCCO1. The predicted molar refractivity (Wildman–Crippen MR) is 61.5 cm³/mol. The fraction of sp³-hybridized carbons (Fsp3) is 0.200. The lowest BCUT2D eigenvalue weighted by Crippen LogP contribution is -2.22. The van der Waals surface area contributed by atoms with E-state index in [1.54, 1.807) is 11.4 Å². The summed E-state index contributed by atoms with van der Waals surface area (Å²) in [6.07, 6.45) is 1.25. The molecule has 0 aliphatic carbocycles. The Morgan fingerprint density at radius 1 is 1.41 bits per heavy atom. The highest BCUT2D eigenvalue weighted by atomic mass is 32.1. The molecule has 2 heterocycles. The van der Waals surface area contributed by atoms with Gasteiger partial charge < -0.3 is 20.5 Å². The van der Waals surface area contributed by atoms with E-state index in [-0.39, 0.29) is 11.3 Å². The van der Waals surface area contributed by atoms with Gasteiger partial charge in [-0.2, -0.15) is 0 Å². The lowest BCUT2D eigenvalue weighted by Gasteiger charge is -2.14. The van der Waals surface area contributed by atoms with Crippen molar-refractivity contribution in [2.45, 2.75) is 0 Å². The van der Waals surface area contributed by atoms with Crippen LogP contribution in [0.2, 0.25) is 0 Å². The van der Waals surface area contributed by atoms with Crippen LogP contribution in [0, 0.1) is 0 Å². The van der Waals surface area contributed by atoms with Gasteiger partial charge in [0.25, 0.3) is 11.8 Å². The van der Waals surface area contributed by atoms with Crippen molar-refractivity contribution in [3.8, 4) is 0 Å². The van der Waals surface area contributed by atoms with Gasteiger partial charge in [0.05, 0.1) is 5.56 Å². The van der Waals surface area contributed by atoms with Gasteiger partial charge in [-0.15, -0.1) is 11.3 Å². The summed E-state index contributed by atoms with van der Waals surface area (Å²) in [4.78, 5) is 22.8. The maximum Gasteiger partial charge on any atom is 0.294 e. The average Bonchev–Trinajstić information content (AvgIpc) is 2.78. The Bertz CT molecular complexity index is 480. The number of primary amides is 1. The maximum absolute atomic E-state index is 11.7. The van der Waals surface area contributed by atoms with Crippen molar-refractivity contribution in [1.29, 1.82) is 0 Å². The van der Waals surface area contributed by atoms with Gasteiger partial charge in [0.2, 0.25) is 5.76 Å². The van der Waals surface area contributed by atoms with Crippen LogP contribution in [-0.4, -0.2) is 25.0 Å². The molecule has 2 rings (SSSR count). The van der Waals surface area contributed by atoms with E-state index in [9.17, 15) is 9.59 Å². The molecule has 0 saturated carbocycles. The van der Waals surface area contributed by atoms with Gasteiger partial charge >= 0.3 is 0 Å². The van der Waals surface area contributed by atoms with E-state index < -0.39 is 11.8 Å². The van der Waals surface area contributed by atoms with Gasteiger partial charge in [-0.25, -0.2) is 0 Å². The lowest BCUT2D eigenvalue weighted by molar-refractivity contribution is -0.117. The van der Waals surface area contributed by atoms with E-state index in [1.807, 2.05) is 0 Å². The molecule has 1 aliphatic heterocycles. The van der Waals surface area contributed by atoms with Crippen molar-refractivity contribution in [1.82, 2.24) is 0 Å². The molecule has 2 amide bonds. The maximum atomic E-state index is 11.7. The van der Waals surface area contributed by atoms with E-state index in [0.717, 1.165) is 0 Å². The van der Waals surface area contributed by atoms with Gasteiger partial charge in [0, 0.05) is 0 Å². The summed E-state index contributed by atoms with van der Waals surface area (Å²) in [7, 11) is 0. The van der Waals surface area contributed by atoms with Crippen LogP contribution in [0.1, 0.15) is 10.4 Å². The van der Waals surface area contributed by atoms with Gasteiger partial charge in [-0.05, 0) is 11.4 Å². The second-order valence-electron chi connectivity index (χ2n) is 3.18. The molecule has 0 saturated heterocycles. The highest BCUT2D eigenvalue weighted by molar-refractivity contribution is 7.14. The molecule has 6 nitrogen and oxygen atoms in total. The van der Waals surface area contributed by atoms with Crippen LogP contribution in [0.5, 0.6) is 0 Å². The molecule has 0 bridgehead atoms. The molecule has 0 radical (unpaired) electrons. The molecule has 1 aliphatic rings. The first-order chi connectivity index (χ1) is 8.18. The fourth-order valence-corrected chi connectivity index (χ4v) is 2.04. The van der Waals surface area contributed by atoms with Gasteiger partial charge in [0.1, 0.15) is 24.5 Å². The first-order valence-electron chi connectivity index (χ1n) is 4.81. The summed E-state index contributed by atoms with van der Waals surface area (Å²) in [5, 5.41) is 4.62. The smallest absolute Gasteiger partial charge is 0.294 e. The molecule has 7 heteroatoms. The number of hydrogen-bond acceptors (Lipinski definition) is 5. The zero-order chi connectivity index (χ0) is 12.3. The Hall–Kier alpha value is -2.02. The molecular formula is C10H10N2O4S. The predicted octanol–water partition coefficient (Wildman–Crippen LogP) is 0.674. The highest BCUT2D eigenvalue weighted by Crippen LogP contribution is 2.23. The number of anilines is 1. The third-order valence-corrected chi connectivity index (χ3v) is 2.86. The number of nitrogens with two attached hydrogens (primary N) is 1. The van der Waals surface area contributed by atoms with Crippen LogP contribution >= 0.6 is 11.3 Å². The standard InChI is InChI=1S/C10H10N2O4S/c11-8(13)6-1-4-17-10(6)12-9(14)7-5-15-2-3-16-7/h1,4-5H,2-3H2,(H2,11,13)(H,12,14). The van der Waals surface area contributed by atoms with Gasteiger partial charge in [0.15, 0.2) is 0 Å². The highest BCUT2D eigenvalue weighted by Gasteiger charge is 2.18. The Morgan fingerprint density at radius 3 is 2.88 bits per heavy atom. The zero-order valence-electron chi connectivity index (χ0n) is 8.76. The first kappa shape index (κ1) is 11.5. The number of nitrogens with one attached hydrogen (secondary N) is 1. The van der Waals surface area contributed by atoms with Crippen LogP contribution in [0.15, 0.2) is 23.5 Å². The molecule has 1 aromatic heterocycles. The Morgan fingerprint density at radius 2 is 2.24 bits per heavy atom. The molecular weight excluding hydrogens is 244 g/mol. The second-order valence-corrected chi connectivity index (χ2v) is 4.10. The van der Waals surface area contributed by atoms with E-state index in [1.165, 1.54) is 17.6 Å². The first-order valence-corrected chi connectivity index (χ1v) is 5.69. The van der Waals surface area contributed by atoms with E-state index in [2.05, 4.69) is 5.32 Å². The Kier molecular flexibility index (Phi) is 3.29. The fourth-order valence-electron chi connectivity index (χ4n) is 1.25. The van der Waals surface area contributed by atoms with Crippen molar-refractivity contribution < 1.29 is 19.1 Å². The molecule has 0 unspecified atom stereocenters. The molecule has 0 aromatic carbocycles. The lowest BCUT2D eigenvalue weighted by atomic mass is 10.3. The minimum atomic E-state index is -0.587. The molecule has 17 heavy (non-hydrogen) atoms. The molecule has 1 aromatic rings. The third kappa shape index (κ3) is 2.56. The van der Waals surface area contributed by atoms with Crippen molar-refractivity contribution in [2.24, 2.45) is 5.73 Å². The minimum absolute atomic E-state index is 0.0834. The Labute approximate surface area is 101 Å². The molecule has 0 fully saturated rings. The van der Waals surface area contributed by atoms with Crippen LogP contribution < -0.4 is 11.1 Å². The van der Waals surface area contributed by atoms with Crippen LogP contribution in [-0.2, 0) is 14.3 Å². The zero-order valence-corrected chi connectivity index (χ0v) is 9.58. The molecule has 0 spiro atoms. The van der Waals surface area contributed by atoms with Crippen molar-refractivity contribution in [2.75, 3.05) is 18.5 Å². The van der Waals surface area contributed by atoms with Gasteiger partial charge in [-0.1, -0.05) is 0 Å². The normalized spacial score (nSPS) is 14.2. The average molecular weight is 254 g/mol. The summed E-state index contributed by atoms with van der Waals surface area (Å²) in [6.45, 7) is 0.745. The summed E-state index contributed by atoms with van der Waals surface area (Å²) >= 11 is 1.21. The summed E-state index contributed by atoms with van der Waals surface area (Å²) in [5.41, 5.74) is 5.44. The Balaban J connectivity index is 2.10. The topological polar surface area (TPSA) is 90.7 Å². The molecule has 90 valence electrons. The van der Waals surface area contributed by atoms with Crippen molar-refractivity contribution in [3.63, 3.8) is 0 Å². The largest absolute Gasteiger partial charge is 0.494 e. The minimum Gasteiger partial charge on any atom is -0.494 e. The number of rotatable bonds is 3. The van der Waals surface area contributed by atoms with Crippen LogP contribution in [0.25, 0.3) is 0 Å². The van der Waals surface area contributed by atoms with Crippen LogP contribution in [0.4, 0.5) is 5.00 Å². The second kappa shape index (κ2) is 4.88. The van der Waals surface area contributed by atoms with Crippen LogP contribution in [0.3, 0.4) is 0 Å². The summed E-state index contributed by atoms with van der Waals surface area (Å²) in [5.74, 6) is -0.967. The monoisotopic (exact) mass is 254 g/mol. The number of hydrogen-bond donors (Lipinski definition) is 2. The van der Waals surface area contributed by atoms with E-state index >= 15 is 0 Å². The number of thiophene rings is 1. The quantitative estimate of drug-likeness (QED) is 0.829. The van der Waals surface area contributed by atoms with E-state index in [4.69, 9.17) is 15.2 Å². The summed E-state index contributed by atoms with van der Waals surface area (Å²) < 4.78 is 10.1. The molecule has 3 N–H and O–H groups in total. The number of amides is 2. The summed E-state index contributed by atoms with van der Waals surface area (Å²) in [6, 6.07) is 1.55. The van der Waals surface area contributed by atoms with Crippen molar-refractivity contribution in [3.05, 3.63) is 29.0 Å². The number of carbonyl (C=O) groups excluding carboxylic acids is 2. The van der Waals surface area contributed by atoms with Crippen molar-refractivity contribution >= 4 is 28.2 Å². The van der Waals surface area contributed by atoms with Gasteiger partial charge in [-0.3, -0.25) is 9.59 Å². The third-order valence-electron chi connectivity index (χ3n) is 2.03. The number of carbonyl (C=O) groups is 2. The van der Waals surface area contributed by atoms with E-state index in [0.29, 0.717) is 18.2 Å².